The highest BCUT2D eigenvalue weighted by atomic mass is 28.2. The number of amides is 2. The lowest BCUT2D eigenvalue weighted by Crippen LogP contribution is -2.45. The average Bonchev–Trinajstić information content (AvgIpc) is 3.31. The number of rotatable bonds is 9. The number of aliphatic hydroxyl groups is 1. The van der Waals surface area contributed by atoms with Crippen LogP contribution in [0.2, 0.25) is 0 Å². The van der Waals surface area contributed by atoms with Crippen LogP contribution < -0.4 is 16.0 Å². The van der Waals surface area contributed by atoms with Crippen LogP contribution >= 0.6 is 0 Å². The third-order valence-electron chi connectivity index (χ3n) is 3.85. The quantitative estimate of drug-likeness (QED) is 0.310. The minimum absolute atomic E-state index is 0.142. The summed E-state index contributed by atoms with van der Waals surface area (Å²) < 4.78 is 2.13. The number of nitrogens with two attached hydrogens (primary N) is 2. The Hall–Kier alpha value is -1.94. The Morgan fingerprint density at radius 2 is 1.65 bits per heavy atom. The van der Waals surface area contributed by atoms with Crippen molar-refractivity contribution in [1.29, 1.82) is 0 Å². The SMILES string of the molecule is CC(C)C[C@H](N([SiH3])c1ccccc1)C1(O)OO1.NC(=O)CCCC(N)=O. The Labute approximate surface area is 156 Å². The van der Waals surface area contributed by atoms with Crippen LogP contribution in [-0.2, 0) is 19.4 Å². The van der Waals surface area contributed by atoms with Gasteiger partial charge in [0.1, 0.15) is 16.4 Å². The molecule has 9 heteroatoms. The lowest BCUT2D eigenvalue weighted by atomic mass is 10.0. The summed E-state index contributed by atoms with van der Waals surface area (Å²) in [5, 5.41) is 10.0. The number of benzene rings is 1. The molecule has 2 amide bonds. The molecule has 0 radical (unpaired) electrons. The third kappa shape index (κ3) is 7.96. The predicted octanol–water partition coefficient (Wildman–Crippen LogP) is -0.0767. The second-order valence-electron chi connectivity index (χ2n) is 6.68. The van der Waals surface area contributed by atoms with Crippen LogP contribution in [0.15, 0.2) is 30.3 Å². The highest BCUT2D eigenvalue weighted by Gasteiger charge is 2.56. The molecular formula is C17H29N3O5Si. The second kappa shape index (κ2) is 10.3. The van der Waals surface area contributed by atoms with Crippen molar-refractivity contribution in [2.45, 2.75) is 51.5 Å². The fraction of sp³-hybridized carbons (Fsp3) is 0.529. The maximum atomic E-state index is 10.1. The first-order chi connectivity index (χ1) is 12.2. The Morgan fingerprint density at radius 1 is 1.15 bits per heavy atom. The van der Waals surface area contributed by atoms with Crippen LogP contribution in [0.3, 0.4) is 0 Å². The van der Waals surface area contributed by atoms with Crippen molar-refractivity contribution >= 4 is 27.9 Å². The van der Waals surface area contributed by atoms with Crippen LogP contribution in [0.1, 0.15) is 39.5 Å². The number of anilines is 1. The van der Waals surface area contributed by atoms with Crippen molar-refractivity contribution in [3.8, 4) is 0 Å². The molecule has 1 saturated heterocycles. The summed E-state index contributed by atoms with van der Waals surface area (Å²) in [6.07, 6.45) is 1.77. The van der Waals surface area contributed by atoms with E-state index in [1.807, 2.05) is 30.3 Å². The highest BCUT2D eigenvalue weighted by molar-refractivity contribution is 6.18. The number of hydrogen-bond donors (Lipinski definition) is 3. The molecule has 1 atom stereocenters. The van der Waals surface area contributed by atoms with Gasteiger partial charge in [-0.3, -0.25) is 9.59 Å². The van der Waals surface area contributed by atoms with E-state index in [0.29, 0.717) is 12.3 Å². The van der Waals surface area contributed by atoms with Crippen molar-refractivity contribution in [2.24, 2.45) is 17.4 Å². The zero-order valence-corrected chi connectivity index (χ0v) is 17.6. The molecule has 1 aromatic rings. The first-order valence-electron chi connectivity index (χ1n) is 8.59. The van der Waals surface area contributed by atoms with Gasteiger partial charge in [-0.05, 0) is 30.9 Å². The van der Waals surface area contributed by atoms with Crippen LogP contribution in [-0.4, -0.2) is 39.3 Å². The summed E-state index contributed by atoms with van der Waals surface area (Å²) in [6.45, 7) is 4.25. The van der Waals surface area contributed by atoms with E-state index < -0.39 is 17.8 Å². The molecule has 5 N–H and O–H groups in total. The summed E-state index contributed by atoms with van der Waals surface area (Å²) in [4.78, 5) is 29.6. The molecule has 1 aliphatic heterocycles. The van der Waals surface area contributed by atoms with E-state index in [1.54, 1.807) is 0 Å². The highest BCUT2D eigenvalue weighted by Crippen LogP contribution is 2.37. The number of para-hydroxylation sites is 1. The molecule has 1 fully saturated rings. The molecule has 26 heavy (non-hydrogen) atoms. The molecule has 2 rings (SSSR count). The Balaban J connectivity index is 0.000000321. The summed E-state index contributed by atoms with van der Waals surface area (Å²) in [5.41, 5.74) is 10.7. The van der Waals surface area contributed by atoms with Gasteiger partial charge in [-0.2, -0.15) is 9.78 Å². The molecule has 0 unspecified atom stereocenters. The van der Waals surface area contributed by atoms with Gasteiger partial charge in [-0.1, -0.05) is 32.0 Å². The van der Waals surface area contributed by atoms with Gasteiger partial charge >= 0.3 is 5.97 Å². The van der Waals surface area contributed by atoms with Crippen LogP contribution in [0.4, 0.5) is 5.69 Å². The van der Waals surface area contributed by atoms with E-state index in [2.05, 4.69) is 18.4 Å². The van der Waals surface area contributed by atoms with Crippen LogP contribution in [0, 0.1) is 5.92 Å². The molecule has 0 bridgehead atoms. The number of nitrogens with zero attached hydrogens (tertiary/aromatic N) is 1. The molecule has 1 aromatic carbocycles. The molecule has 1 aliphatic rings. The molecule has 0 aliphatic carbocycles. The van der Waals surface area contributed by atoms with Crippen molar-refractivity contribution in [3.63, 3.8) is 0 Å². The molecule has 8 nitrogen and oxygen atoms in total. The summed E-state index contributed by atoms with van der Waals surface area (Å²) in [7, 11) is 0.799. The van der Waals surface area contributed by atoms with Gasteiger partial charge in [0.15, 0.2) is 0 Å². The topological polar surface area (TPSA) is 135 Å². The first kappa shape index (κ1) is 22.1. The largest absolute Gasteiger partial charge is 0.397 e. The lowest BCUT2D eigenvalue weighted by molar-refractivity contribution is -0.119. The monoisotopic (exact) mass is 383 g/mol. The zero-order valence-electron chi connectivity index (χ0n) is 15.6. The van der Waals surface area contributed by atoms with Crippen molar-refractivity contribution in [1.82, 2.24) is 0 Å². The number of carbonyl (C=O) groups is 2. The smallest absolute Gasteiger partial charge is 0.357 e. The molecule has 146 valence electrons. The van der Waals surface area contributed by atoms with Crippen LogP contribution in [0.5, 0.6) is 0 Å². The van der Waals surface area contributed by atoms with Crippen molar-refractivity contribution < 1.29 is 24.5 Å². The minimum atomic E-state index is -1.41. The summed E-state index contributed by atoms with van der Waals surface area (Å²) in [6, 6.07) is 9.89. The van der Waals surface area contributed by atoms with Gasteiger partial charge in [0.05, 0.1) is 0 Å². The third-order valence-corrected chi connectivity index (χ3v) is 4.99. The van der Waals surface area contributed by atoms with Gasteiger partial charge in [0, 0.05) is 18.5 Å². The van der Waals surface area contributed by atoms with Crippen molar-refractivity contribution in [2.75, 3.05) is 4.57 Å². The fourth-order valence-electron chi connectivity index (χ4n) is 2.43. The van der Waals surface area contributed by atoms with E-state index in [4.69, 9.17) is 21.2 Å². The standard InChI is InChI=1S/C12H19NO3Si.C5H10N2O2/c1-9(2)8-11(12(14)15-16-12)13(17)10-6-4-3-5-7-10;6-4(8)2-1-3-5(7)9/h3-7,9,11,14H,8H2,1-2,17H3;1-3H2,(H2,6,8)(H2,7,9)/t11-;/m0./s1. The van der Waals surface area contributed by atoms with E-state index in [0.717, 1.165) is 22.5 Å². The molecule has 0 aromatic heterocycles. The predicted molar refractivity (Wildman–Crippen MR) is 101 cm³/mol. The Morgan fingerprint density at radius 3 is 2.04 bits per heavy atom. The van der Waals surface area contributed by atoms with E-state index in [-0.39, 0.29) is 18.9 Å². The average molecular weight is 384 g/mol. The zero-order chi connectivity index (χ0) is 19.7. The van der Waals surface area contributed by atoms with E-state index in [9.17, 15) is 14.7 Å². The number of carbonyl (C=O) groups excluding carboxylic acids is 2. The normalized spacial score (nSPS) is 15.7. The maximum Gasteiger partial charge on any atom is 0.357 e. The van der Waals surface area contributed by atoms with E-state index in [1.165, 1.54) is 0 Å². The number of hydrogen-bond acceptors (Lipinski definition) is 6. The van der Waals surface area contributed by atoms with Gasteiger partial charge < -0.3 is 21.1 Å². The molecular weight excluding hydrogens is 354 g/mol. The fourth-order valence-corrected chi connectivity index (χ4v) is 3.27. The maximum absolute atomic E-state index is 10.1. The van der Waals surface area contributed by atoms with Gasteiger partial charge in [-0.25, -0.2) is 0 Å². The molecule has 0 saturated carbocycles. The van der Waals surface area contributed by atoms with Gasteiger partial charge in [0.25, 0.3) is 0 Å². The number of primary amides is 2. The summed E-state index contributed by atoms with van der Waals surface area (Å²) >= 11 is 0. The van der Waals surface area contributed by atoms with Crippen LogP contribution in [0.25, 0.3) is 0 Å². The molecule has 0 spiro atoms. The first-order valence-corrected chi connectivity index (χ1v) is 9.49. The van der Waals surface area contributed by atoms with Crippen molar-refractivity contribution in [3.05, 3.63) is 30.3 Å². The summed E-state index contributed by atoms with van der Waals surface area (Å²) in [5.74, 6) is -1.73. The van der Waals surface area contributed by atoms with Gasteiger partial charge in [-0.15, -0.1) is 0 Å². The Bertz CT molecular complexity index is 567. The lowest BCUT2D eigenvalue weighted by Gasteiger charge is -2.31. The Kier molecular flexibility index (Phi) is 8.72. The minimum Gasteiger partial charge on any atom is -0.397 e. The van der Waals surface area contributed by atoms with E-state index >= 15 is 0 Å². The van der Waals surface area contributed by atoms with Gasteiger partial charge in [0.2, 0.25) is 11.8 Å². The molecule has 1 heterocycles. The second-order valence-corrected chi connectivity index (χ2v) is 7.64.